The van der Waals surface area contributed by atoms with Gasteiger partial charge in [-0.3, -0.25) is 0 Å². The predicted molar refractivity (Wildman–Crippen MR) is 63.3 cm³/mol. The van der Waals surface area contributed by atoms with Crippen molar-refractivity contribution in [2.45, 2.75) is 6.54 Å². The van der Waals surface area contributed by atoms with Crippen LogP contribution in [0, 0.1) is 0 Å². The van der Waals surface area contributed by atoms with Crippen molar-refractivity contribution < 1.29 is 18.9 Å². The Bertz CT molecular complexity index is 406. The molecule has 0 fully saturated rings. The fourth-order valence-corrected chi connectivity index (χ4v) is 1.94. The highest BCUT2D eigenvalue weighted by Crippen LogP contribution is 2.45. The van der Waals surface area contributed by atoms with Crippen molar-refractivity contribution in [3.63, 3.8) is 0 Å². The smallest absolute Gasteiger partial charge is 0.203 e. The minimum atomic E-state index is 0.598. The third-order valence-corrected chi connectivity index (χ3v) is 2.73. The summed E-state index contributed by atoms with van der Waals surface area (Å²) in [6.07, 6.45) is 0. The third kappa shape index (κ3) is 2.10. The van der Waals surface area contributed by atoms with E-state index in [1.807, 2.05) is 6.07 Å². The van der Waals surface area contributed by atoms with Crippen molar-refractivity contribution in [1.29, 1.82) is 0 Å². The van der Waals surface area contributed by atoms with Crippen LogP contribution in [0.15, 0.2) is 6.07 Å². The summed E-state index contributed by atoms with van der Waals surface area (Å²) in [5.41, 5.74) is 0.961. The van der Waals surface area contributed by atoms with E-state index in [1.54, 1.807) is 21.3 Å². The van der Waals surface area contributed by atoms with Crippen molar-refractivity contribution in [1.82, 2.24) is 5.32 Å². The lowest BCUT2D eigenvalue weighted by atomic mass is 10.1. The van der Waals surface area contributed by atoms with E-state index in [0.29, 0.717) is 30.4 Å². The molecule has 5 heteroatoms. The Morgan fingerprint density at radius 3 is 2.53 bits per heavy atom. The zero-order valence-corrected chi connectivity index (χ0v) is 10.3. The number of ether oxygens (including phenoxy) is 4. The monoisotopic (exact) mass is 239 g/mol. The normalized spacial score (nSPS) is 14.3. The van der Waals surface area contributed by atoms with Crippen LogP contribution in [0.25, 0.3) is 0 Å². The van der Waals surface area contributed by atoms with E-state index in [0.717, 1.165) is 17.9 Å². The molecule has 1 heterocycles. The summed E-state index contributed by atoms with van der Waals surface area (Å²) in [5.74, 6) is 2.66. The summed E-state index contributed by atoms with van der Waals surface area (Å²) in [6, 6.07) is 1.84. The van der Waals surface area contributed by atoms with Crippen LogP contribution in [0.3, 0.4) is 0 Å². The molecule has 0 aliphatic carbocycles. The minimum Gasteiger partial charge on any atom is -0.493 e. The van der Waals surface area contributed by atoms with Crippen LogP contribution in [0.5, 0.6) is 23.0 Å². The molecule has 0 unspecified atom stereocenters. The van der Waals surface area contributed by atoms with Gasteiger partial charge < -0.3 is 24.3 Å². The number of hydrogen-bond donors (Lipinski definition) is 1. The van der Waals surface area contributed by atoms with Crippen LogP contribution in [-0.4, -0.2) is 34.5 Å². The van der Waals surface area contributed by atoms with Crippen LogP contribution >= 0.6 is 0 Å². The molecule has 0 saturated carbocycles. The second-order valence-corrected chi connectivity index (χ2v) is 3.65. The maximum atomic E-state index is 5.65. The molecular weight excluding hydrogens is 222 g/mol. The average molecular weight is 239 g/mol. The molecule has 0 spiro atoms. The van der Waals surface area contributed by atoms with Gasteiger partial charge in [0, 0.05) is 19.2 Å². The van der Waals surface area contributed by atoms with Gasteiger partial charge in [-0.2, -0.15) is 0 Å². The summed E-state index contributed by atoms with van der Waals surface area (Å²) in [6.45, 7) is 2.13. The Labute approximate surface area is 101 Å². The lowest BCUT2D eigenvalue weighted by Gasteiger charge is -2.17. The quantitative estimate of drug-likeness (QED) is 0.858. The molecule has 1 aliphatic heterocycles. The molecule has 1 aliphatic rings. The molecule has 5 nitrogen and oxygen atoms in total. The Morgan fingerprint density at radius 1 is 1.12 bits per heavy atom. The largest absolute Gasteiger partial charge is 0.493 e. The molecule has 0 saturated heterocycles. The van der Waals surface area contributed by atoms with Gasteiger partial charge in [0.15, 0.2) is 11.5 Å². The Morgan fingerprint density at radius 2 is 1.88 bits per heavy atom. The van der Waals surface area contributed by atoms with Gasteiger partial charge in [-0.15, -0.1) is 0 Å². The summed E-state index contributed by atoms with van der Waals surface area (Å²) in [4.78, 5) is 0. The molecule has 1 aromatic carbocycles. The average Bonchev–Trinajstić information content (AvgIpc) is 2.60. The van der Waals surface area contributed by atoms with Gasteiger partial charge in [0.1, 0.15) is 12.4 Å². The van der Waals surface area contributed by atoms with Crippen molar-refractivity contribution >= 4 is 0 Å². The first kappa shape index (κ1) is 11.9. The van der Waals surface area contributed by atoms with Gasteiger partial charge in [-0.05, 0) is 0 Å². The zero-order valence-electron chi connectivity index (χ0n) is 10.3. The van der Waals surface area contributed by atoms with E-state index in [4.69, 9.17) is 18.9 Å². The second kappa shape index (κ2) is 5.14. The fraction of sp³-hybridized carbons (Fsp3) is 0.500. The fourth-order valence-electron chi connectivity index (χ4n) is 1.94. The summed E-state index contributed by atoms with van der Waals surface area (Å²) in [5, 5.41) is 3.27. The second-order valence-electron chi connectivity index (χ2n) is 3.65. The number of benzene rings is 1. The number of fused-ring (bicyclic) bond motifs is 1. The number of rotatable bonds is 3. The van der Waals surface area contributed by atoms with Gasteiger partial charge in [-0.25, -0.2) is 0 Å². The molecule has 1 N–H and O–H groups in total. The van der Waals surface area contributed by atoms with Crippen LogP contribution in [-0.2, 0) is 6.54 Å². The molecule has 0 atom stereocenters. The van der Waals surface area contributed by atoms with Gasteiger partial charge in [-0.1, -0.05) is 0 Å². The minimum absolute atomic E-state index is 0.598. The number of methoxy groups -OCH3 is 3. The highest BCUT2D eigenvalue weighted by molar-refractivity contribution is 5.61. The topological polar surface area (TPSA) is 49.0 Å². The van der Waals surface area contributed by atoms with E-state index >= 15 is 0 Å². The SMILES string of the molecule is COc1cc2c(c(OC)c1OC)CNCCO2. The Hall–Kier alpha value is -1.62. The first-order valence-corrected chi connectivity index (χ1v) is 5.47. The van der Waals surface area contributed by atoms with Crippen LogP contribution in [0.1, 0.15) is 5.56 Å². The summed E-state index contributed by atoms with van der Waals surface area (Å²) in [7, 11) is 4.80. The van der Waals surface area contributed by atoms with Gasteiger partial charge in [0.05, 0.1) is 26.9 Å². The highest BCUT2D eigenvalue weighted by atomic mass is 16.5. The highest BCUT2D eigenvalue weighted by Gasteiger charge is 2.22. The van der Waals surface area contributed by atoms with E-state index in [1.165, 1.54) is 0 Å². The predicted octanol–water partition coefficient (Wildman–Crippen LogP) is 1.19. The van der Waals surface area contributed by atoms with Crippen LogP contribution in [0.2, 0.25) is 0 Å². The zero-order chi connectivity index (χ0) is 12.3. The summed E-state index contributed by atoms with van der Waals surface area (Å²) < 4.78 is 21.7. The summed E-state index contributed by atoms with van der Waals surface area (Å²) >= 11 is 0. The maximum absolute atomic E-state index is 5.65. The molecule has 2 rings (SSSR count). The first-order chi connectivity index (χ1) is 8.31. The van der Waals surface area contributed by atoms with E-state index in [2.05, 4.69) is 5.32 Å². The molecule has 1 aromatic rings. The van der Waals surface area contributed by atoms with Gasteiger partial charge >= 0.3 is 0 Å². The van der Waals surface area contributed by atoms with Crippen molar-refractivity contribution in [3.05, 3.63) is 11.6 Å². The lowest BCUT2D eigenvalue weighted by Crippen LogP contribution is -2.16. The van der Waals surface area contributed by atoms with E-state index < -0.39 is 0 Å². The van der Waals surface area contributed by atoms with E-state index in [9.17, 15) is 0 Å². The van der Waals surface area contributed by atoms with E-state index in [-0.39, 0.29) is 0 Å². The van der Waals surface area contributed by atoms with Crippen LogP contribution in [0.4, 0.5) is 0 Å². The Balaban J connectivity index is 2.58. The molecule has 0 aromatic heterocycles. The first-order valence-electron chi connectivity index (χ1n) is 5.47. The standard InChI is InChI=1S/C12H17NO4/c1-14-10-6-9-8(7-13-4-5-17-9)11(15-2)12(10)16-3/h6,13H,4-5,7H2,1-3H3. The van der Waals surface area contributed by atoms with Gasteiger partial charge in [0.2, 0.25) is 5.75 Å². The lowest BCUT2D eigenvalue weighted by molar-refractivity contribution is 0.304. The molecule has 0 amide bonds. The van der Waals surface area contributed by atoms with Gasteiger partial charge in [0.25, 0.3) is 0 Å². The molecule has 17 heavy (non-hydrogen) atoms. The Kier molecular flexibility index (Phi) is 3.58. The molecule has 94 valence electrons. The third-order valence-electron chi connectivity index (χ3n) is 2.73. The molecule has 0 radical (unpaired) electrons. The number of hydrogen-bond acceptors (Lipinski definition) is 5. The maximum Gasteiger partial charge on any atom is 0.203 e. The van der Waals surface area contributed by atoms with Crippen molar-refractivity contribution in [2.24, 2.45) is 0 Å². The van der Waals surface area contributed by atoms with Crippen LogP contribution < -0.4 is 24.3 Å². The molecule has 0 bridgehead atoms. The van der Waals surface area contributed by atoms with Crippen molar-refractivity contribution in [2.75, 3.05) is 34.5 Å². The number of nitrogens with one attached hydrogen (secondary N) is 1. The van der Waals surface area contributed by atoms with Crippen molar-refractivity contribution in [3.8, 4) is 23.0 Å². The molecular formula is C12H17NO4.